The van der Waals surface area contributed by atoms with Crippen LogP contribution in [0.3, 0.4) is 0 Å². The summed E-state index contributed by atoms with van der Waals surface area (Å²) in [6.45, 7) is 10.4. The largest absolute Gasteiger partial charge is 0.352 e. The lowest BCUT2D eigenvalue weighted by molar-refractivity contribution is -0.138. The van der Waals surface area contributed by atoms with Crippen LogP contribution in [-0.2, 0) is 9.59 Å². The third-order valence-electron chi connectivity index (χ3n) is 2.70. The Morgan fingerprint density at radius 3 is 2.16 bits per heavy atom. The third kappa shape index (κ3) is 7.82. The van der Waals surface area contributed by atoms with Crippen LogP contribution in [0.15, 0.2) is 0 Å². The summed E-state index contributed by atoms with van der Waals surface area (Å²) in [5.41, 5.74) is 5.72. The zero-order valence-electron chi connectivity index (χ0n) is 13.1. The van der Waals surface area contributed by atoms with Gasteiger partial charge in [0.2, 0.25) is 11.8 Å². The molecule has 0 saturated heterocycles. The first-order valence-electron chi connectivity index (χ1n) is 6.81. The van der Waals surface area contributed by atoms with Gasteiger partial charge in [0.1, 0.15) is 0 Å². The molecule has 0 saturated carbocycles. The van der Waals surface area contributed by atoms with Crippen molar-refractivity contribution in [1.82, 2.24) is 10.2 Å². The van der Waals surface area contributed by atoms with Gasteiger partial charge in [-0.3, -0.25) is 9.59 Å². The Balaban J connectivity index is 4.48. The average Bonchev–Trinajstić information content (AvgIpc) is 2.22. The molecule has 112 valence electrons. The fourth-order valence-corrected chi connectivity index (χ4v) is 1.98. The molecule has 5 nitrogen and oxygen atoms in total. The van der Waals surface area contributed by atoms with Crippen molar-refractivity contribution in [3.63, 3.8) is 0 Å². The summed E-state index contributed by atoms with van der Waals surface area (Å²) in [7, 11) is 1.65. The minimum atomic E-state index is -0.225. The van der Waals surface area contributed by atoms with E-state index in [1.807, 2.05) is 13.8 Å². The van der Waals surface area contributed by atoms with Crippen molar-refractivity contribution in [2.75, 3.05) is 20.1 Å². The highest BCUT2D eigenvalue weighted by atomic mass is 16.2. The van der Waals surface area contributed by atoms with E-state index in [0.29, 0.717) is 6.54 Å². The maximum Gasteiger partial charge on any atom is 0.239 e. The van der Waals surface area contributed by atoms with Gasteiger partial charge in [-0.25, -0.2) is 0 Å². The molecule has 0 bridgehead atoms. The zero-order chi connectivity index (χ0) is 15.2. The lowest BCUT2D eigenvalue weighted by Gasteiger charge is -2.28. The number of rotatable bonds is 6. The first kappa shape index (κ1) is 17.9. The highest BCUT2D eigenvalue weighted by Gasteiger charge is 2.26. The molecular formula is C14H29N3O2. The molecule has 0 aromatic heterocycles. The second kappa shape index (κ2) is 7.48. The van der Waals surface area contributed by atoms with Crippen LogP contribution in [0.5, 0.6) is 0 Å². The Labute approximate surface area is 116 Å². The predicted molar refractivity (Wildman–Crippen MR) is 77.5 cm³/mol. The maximum absolute atomic E-state index is 12.2. The van der Waals surface area contributed by atoms with Crippen LogP contribution in [0.4, 0.5) is 0 Å². The van der Waals surface area contributed by atoms with Gasteiger partial charge in [-0.2, -0.15) is 0 Å². The van der Waals surface area contributed by atoms with E-state index in [9.17, 15) is 9.59 Å². The normalized spacial score (nSPS) is 13.3. The molecule has 0 aromatic rings. The van der Waals surface area contributed by atoms with Gasteiger partial charge >= 0.3 is 0 Å². The molecule has 0 aliphatic carbocycles. The first-order valence-corrected chi connectivity index (χ1v) is 6.81. The Morgan fingerprint density at radius 2 is 1.79 bits per heavy atom. The van der Waals surface area contributed by atoms with Crippen molar-refractivity contribution in [3.8, 4) is 0 Å². The van der Waals surface area contributed by atoms with E-state index in [0.717, 1.165) is 6.42 Å². The van der Waals surface area contributed by atoms with Gasteiger partial charge in [-0.15, -0.1) is 0 Å². The Kier molecular flexibility index (Phi) is 7.05. The van der Waals surface area contributed by atoms with Crippen molar-refractivity contribution in [2.45, 2.75) is 47.1 Å². The SMILES string of the molecule is CC(C)NC(=O)CN(C)C(=O)C(CN)CC(C)(C)C. The smallest absolute Gasteiger partial charge is 0.239 e. The second-order valence-corrected chi connectivity index (χ2v) is 6.61. The molecule has 0 heterocycles. The van der Waals surface area contributed by atoms with Crippen molar-refractivity contribution < 1.29 is 9.59 Å². The van der Waals surface area contributed by atoms with Gasteiger partial charge in [-0.05, 0) is 25.7 Å². The lowest BCUT2D eigenvalue weighted by atomic mass is 9.84. The minimum absolute atomic E-state index is 0.0424. The van der Waals surface area contributed by atoms with E-state index < -0.39 is 0 Å². The quantitative estimate of drug-likeness (QED) is 0.756. The van der Waals surface area contributed by atoms with Crippen LogP contribution in [-0.4, -0.2) is 42.9 Å². The summed E-state index contributed by atoms with van der Waals surface area (Å²) >= 11 is 0. The molecule has 3 N–H and O–H groups in total. The number of carbonyl (C=O) groups excluding carboxylic acids is 2. The number of nitrogens with one attached hydrogen (secondary N) is 1. The summed E-state index contributed by atoms with van der Waals surface area (Å²) in [4.78, 5) is 25.3. The van der Waals surface area contributed by atoms with E-state index in [-0.39, 0.29) is 35.7 Å². The van der Waals surface area contributed by atoms with Crippen LogP contribution in [0.1, 0.15) is 41.0 Å². The number of hydrogen-bond acceptors (Lipinski definition) is 3. The van der Waals surface area contributed by atoms with Gasteiger partial charge in [0.15, 0.2) is 0 Å². The summed E-state index contributed by atoms with van der Waals surface area (Å²) in [5, 5.41) is 2.77. The van der Waals surface area contributed by atoms with Gasteiger partial charge < -0.3 is 16.0 Å². The summed E-state index contributed by atoms with van der Waals surface area (Å²) in [6.07, 6.45) is 0.721. The van der Waals surface area contributed by atoms with E-state index >= 15 is 0 Å². The molecule has 0 aliphatic rings. The van der Waals surface area contributed by atoms with Crippen LogP contribution < -0.4 is 11.1 Å². The first-order chi connectivity index (χ1) is 8.56. The molecule has 0 spiro atoms. The lowest BCUT2D eigenvalue weighted by Crippen LogP contribution is -2.44. The van der Waals surface area contributed by atoms with Gasteiger partial charge in [0.05, 0.1) is 12.5 Å². The summed E-state index contributed by atoms with van der Waals surface area (Å²) in [5.74, 6) is -0.425. The molecule has 0 fully saturated rings. The number of nitrogens with zero attached hydrogens (tertiary/aromatic N) is 1. The zero-order valence-corrected chi connectivity index (χ0v) is 13.1. The third-order valence-corrected chi connectivity index (χ3v) is 2.70. The topological polar surface area (TPSA) is 75.4 Å². The number of hydrogen-bond donors (Lipinski definition) is 2. The minimum Gasteiger partial charge on any atom is -0.352 e. The molecule has 19 heavy (non-hydrogen) atoms. The molecule has 0 rings (SSSR count). The molecular weight excluding hydrogens is 242 g/mol. The monoisotopic (exact) mass is 271 g/mol. The van der Waals surface area contributed by atoms with E-state index in [2.05, 4.69) is 26.1 Å². The van der Waals surface area contributed by atoms with E-state index in [4.69, 9.17) is 5.73 Å². The predicted octanol–water partition coefficient (Wildman–Crippen LogP) is 0.981. The van der Waals surface area contributed by atoms with Crippen LogP contribution in [0.25, 0.3) is 0 Å². The standard InChI is InChI=1S/C14H29N3O2/c1-10(2)16-12(18)9-17(6)13(19)11(8-15)7-14(3,4)5/h10-11H,7-9,15H2,1-6H3,(H,16,18). The molecule has 5 heteroatoms. The molecule has 1 atom stereocenters. The second-order valence-electron chi connectivity index (χ2n) is 6.61. The molecule has 1 unspecified atom stereocenters. The van der Waals surface area contributed by atoms with Gasteiger partial charge in [0, 0.05) is 19.6 Å². The van der Waals surface area contributed by atoms with Crippen molar-refractivity contribution in [3.05, 3.63) is 0 Å². The molecule has 2 amide bonds. The van der Waals surface area contributed by atoms with Crippen molar-refractivity contribution in [1.29, 1.82) is 0 Å². The Morgan fingerprint density at radius 1 is 1.26 bits per heavy atom. The number of carbonyl (C=O) groups is 2. The highest BCUT2D eigenvalue weighted by Crippen LogP contribution is 2.24. The van der Waals surface area contributed by atoms with E-state index in [1.54, 1.807) is 7.05 Å². The van der Waals surface area contributed by atoms with Gasteiger partial charge in [-0.1, -0.05) is 20.8 Å². The highest BCUT2D eigenvalue weighted by molar-refractivity contribution is 5.85. The number of amides is 2. The van der Waals surface area contributed by atoms with Gasteiger partial charge in [0.25, 0.3) is 0 Å². The molecule has 0 aliphatic heterocycles. The molecule has 0 aromatic carbocycles. The summed E-state index contributed by atoms with van der Waals surface area (Å²) in [6, 6.07) is 0.0795. The maximum atomic E-state index is 12.2. The van der Waals surface area contributed by atoms with Crippen LogP contribution in [0, 0.1) is 11.3 Å². The fourth-order valence-electron chi connectivity index (χ4n) is 1.98. The van der Waals surface area contributed by atoms with Crippen molar-refractivity contribution in [2.24, 2.45) is 17.1 Å². The van der Waals surface area contributed by atoms with Crippen molar-refractivity contribution >= 4 is 11.8 Å². The Hall–Kier alpha value is -1.10. The van der Waals surface area contributed by atoms with Crippen LogP contribution >= 0.6 is 0 Å². The number of nitrogens with two attached hydrogens (primary N) is 1. The number of likely N-dealkylation sites (N-methyl/N-ethyl adjacent to an activating group) is 1. The molecule has 0 radical (unpaired) electrons. The Bertz CT molecular complexity index is 308. The summed E-state index contributed by atoms with van der Waals surface area (Å²) < 4.78 is 0. The van der Waals surface area contributed by atoms with Crippen LogP contribution in [0.2, 0.25) is 0 Å². The average molecular weight is 271 g/mol. The fraction of sp³-hybridized carbons (Fsp3) is 0.857. The van der Waals surface area contributed by atoms with E-state index in [1.165, 1.54) is 4.90 Å².